The normalized spacial score (nSPS) is 14.7. The van der Waals surface area contributed by atoms with E-state index in [9.17, 15) is 33.9 Å². The van der Waals surface area contributed by atoms with E-state index in [0.29, 0.717) is 6.42 Å². The zero-order valence-corrected chi connectivity index (χ0v) is 20.9. The van der Waals surface area contributed by atoms with Crippen LogP contribution in [0.4, 0.5) is 0 Å². The van der Waals surface area contributed by atoms with Crippen molar-refractivity contribution in [3.05, 3.63) is 0 Å². The molecule has 0 bridgehead atoms. The van der Waals surface area contributed by atoms with Gasteiger partial charge in [0.1, 0.15) is 18.1 Å². The monoisotopic (exact) mass is 530 g/mol. The van der Waals surface area contributed by atoms with Crippen LogP contribution in [0.5, 0.6) is 0 Å². The Morgan fingerprint density at radius 1 is 0.865 bits per heavy atom. The predicted molar refractivity (Wildman–Crippen MR) is 131 cm³/mol. The molecule has 37 heavy (non-hydrogen) atoms. The molecule has 0 aromatic heterocycles. The molecule has 5 atom stereocenters. The van der Waals surface area contributed by atoms with E-state index in [2.05, 4.69) is 20.9 Å². The SMILES string of the molecule is CCC(C)C(NC(=O)C(CCC(N)=O)NC(=O)C(N)CC(=O)O)C(=O)NC(CCCN=C(N)N)C(=O)O. The number of nitrogens with two attached hydrogens (primary N) is 4. The third-order valence-electron chi connectivity index (χ3n) is 5.40. The highest BCUT2D eigenvalue weighted by molar-refractivity contribution is 5.95. The topological polar surface area (TPSA) is 295 Å². The minimum Gasteiger partial charge on any atom is -0.481 e. The Hall–Kier alpha value is -3.95. The van der Waals surface area contributed by atoms with Gasteiger partial charge in [0.05, 0.1) is 12.5 Å². The molecule has 0 aromatic carbocycles. The molecule has 0 aliphatic heterocycles. The van der Waals surface area contributed by atoms with E-state index in [0.717, 1.165) is 0 Å². The van der Waals surface area contributed by atoms with Gasteiger partial charge in [-0.3, -0.25) is 29.0 Å². The first kappa shape index (κ1) is 33.0. The number of hydrogen-bond donors (Lipinski definition) is 9. The molecule has 210 valence electrons. The Morgan fingerprint density at radius 2 is 1.46 bits per heavy atom. The van der Waals surface area contributed by atoms with Crippen molar-refractivity contribution in [1.82, 2.24) is 16.0 Å². The van der Waals surface area contributed by atoms with Crippen molar-refractivity contribution in [2.45, 2.75) is 76.5 Å². The van der Waals surface area contributed by atoms with E-state index >= 15 is 0 Å². The number of carbonyl (C=O) groups excluding carboxylic acids is 4. The van der Waals surface area contributed by atoms with Crippen LogP contribution in [0.25, 0.3) is 0 Å². The van der Waals surface area contributed by atoms with Crippen molar-refractivity contribution >= 4 is 41.5 Å². The van der Waals surface area contributed by atoms with Crippen LogP contribution in [-0.4, -0.2) is 82.5 Å². The van der Waals surface area contributed by atoms with Gasteiger partial charge in [-0.2, -0.15) is 0 Å². The number of nitrogens with one attached hydrogen (secondary N) is 3. The summed E-state index contributed by atoms with van der Waals surface area (Å²) in [6.45, 7) is 3.55. The quantitative estimate of drug-likeness (QED) is 0.0480. The van der Waals surface area contributed by atoms with Gasteiger partial charge in [-0.05, 0) is 25.2 Å². The lowest BCUT2D eigenvalue weighted by atomic mass is 9.96. The Morgan fingerprint density at radius 3 is 1.95 bits per heavy atom. The summed E-state index contributed by atoms with van der Waals surface area (Å²) in [4.78, 5) is 75.7. The third kappa shape index (κ3) is 13.6. The number of nitrogens with zero attached hydrogens (tertiary/aromatic N) is 1. The lowest BCUT2D eigenvalue weighted by Crippen LogP contribution is -2.58. The molecule has 0 fully saturated rings. The van der Waals surface area contributed by atoms with Crippen molar-refractivity contribution < 1.29 is 39.0 Å². The third-order valence-corrected chi connectivity index (χ3v) is 5.40. The van der Waals surface area contributed by atoms with Gasteiger partial charge in [-0.15, -0.1) is 0 Å². The van der Waals surface area contributed by atoms with Gasteiger partial charge in [0.25, 0.3) is 0 Å². The molecular weight excluding hydrogens is 492 g/mol. The number of carboxylic acids is 2. The summed E-state index contributed by atoms with van der Waals surface area (Å²) in [5.74, 6) is -6.60. The van der Waals surface area contributed by atoms with Crippen molar-refractivity contribution in [1.29, 1.82) is 0 Å². The molecule has 0 radical (unpaired) electrons. The fraction of sp³-hybridized carbons (Fsp3) is 0.667. The second-order valence-corrected chi connectivity index (χ2v) is 8.49. The molecule has 0 aromatic rings. The molecule has 0 spiro atoms. The Balaban J connectivity index is 5.59. The Labute approximate surface area is 214 Å². The zero-order valence-electron chi connectivity index (χ0n) is 20.9. The summed E-state index contributed by atoms with van der Waals surface area (Å²) in [7, 11) is 0. The van der Waals surface area contributed by atoms with Crippen LogP contribution in [0.1, 0.15) is 52.4 Å². The number of carbonyl (C=O) groups is 6. The van der Waals surface area contributed by atoms with Gasteiger partial charge in [-0.1, -0.05) is 20.3 Å². The molecule has 0 aliphatic rings. The van der Waals surface area contributed by atoms with Crippen molar-refractivity contribution in [2.24, 2.45) is 33.8 Å². The van der Waals surface area contributed by atoms with Gasteiger partial charge in [0.2, 0.25) is 23.6 Å². The van der Waals surface area contributed by atoms with Gasteiger partial charge in [0.15, 0.2) is 5.96 Å². The summed E-state index contributed by atoms with van der Waals surface area (Å²) in [5.41, 5.74) is 21.1. The highest BCUT2D eigenvalue weighted by Crippen LogP contribution is 2.11. The van der Waals surface area contributed by atoms with Gasteiger partial charge < -0.3 is 49.1 Å². The first-order valence-corrected chi connectivity index (χ1v) is 11.6. The molecule has 16 nitrogen and oxygen atoms in total. The Bertz CT molecular complexity index is 861. The summed E-state index contributed by atoms with van der Waals surface area (Å²) >= 11 is 0. The van der Waals surface area contributed by atoms with E-state index in [-0.39, 0.29) is 38.2 Å². The predicted octanol–water partition coefficient (Wildman–Crippen LogP) is -3.31. The fourth-order valence-corrected chi connectivity index (χ4v) is 3.09. The van der Waals surface area contributed by atoms with Crippen molar-refractivity contribution in [3.8, 4) is 0 Å². The van der Waals surface area contributed by atoms with Gasteiger partial charge in [-0.25, -0.2) is 4.79 Å². The Kier molecular flexibility index (Phi) is 14.9. The smallest absolute Gasteiger partial charge is 0.326 e. The van der Waals surface area contributed by atoms with Crippen LogP contribution >= 0.6 is 0 Å². The number of amides is 4. The molecule has 13 N–H and O–H groups in total. The minimum atomic E-state index is -1.47. The lowest BCUT2D eigenvalue weighted by molar-refractivity contribution is -0.143. The molecule has 5 unspecified atom stereocenters. The molecule has 0 heterocycles. The van der Waals surface area contributed by atoms with Crippen LogP contribution in [-0.2, 0) is 28.8 Å². The van der Waals surface area contributed by atoms with Crippen LogP contribution in [0.3, 0.4) is 0 Å². The fourth-order valence-electron chi connectivity index (χ4n) is 3.09. The first-order valence-electron chi connectivity index (χ1n) is 11.6. The molecule has 0 saturated carbocycles. The second kappa shape index (κ2) is 16.7. The molecule has 4 amide bonds. The largest absolute Gasteiger partial charge is 0.481 e. The molecule has 0 saturated heterocycles. The van der Waals surface area contributed by atoms with E-state index < -0.39 is 72.1 Å². The van der Waals surface area contributed by atoms with Crippen molar-refractivity contribution in [3.63, 3.8) is 0 Å². The molecular formula is C21H38N8O8. The number of hydrogen-bond acceptors (Lipinski definition) is 8. The zero-order chi connectivity index (χ0) is 28.7. The maximum Gasteiger partial charge on any atom is 0.326 e. The molecule has 0 aliphatic carbocycles. The minimum absolute atomic E-state index is 0.0117. The number of aliphatic imine (C=N–C) groups is 1. The highest BCUT2D eigenvalue weighted by Gasteiger charge is 2.33. The maximum atomic E-state index is 13.0. The number of guanidine groups is 1. The number of primary amides is 1. The lowest BCUT2D eigenvalue weighted by Gasteiger charge is -2.28. The van der Waals surface area contributed by atoms with Crippen molar-refractivity contribution in [2.75, 3.05) is 6.54 Å². The summed E-state index contributed by atoms with van der Waals surface area (Å²) in [6, 6.07) is -5.32. The molecule has 16 heteroatoms. The second-order valence-electron chi connectivity index (χ2n) is 8.49. The standard InChI is InChI=1S/C21H38N8O8/c1-3-10(2)16(19(35)28-13(20(36)37)5-4-8-26-21(24)25)29-18(34)12(6-7-14(23)30)27-17(33)11(22)9-15(31)32/h10-13,16H,3-9,22H2,1-2H3,(H2,23,30)(H,27,33)(H,28,35)(H,29,34)(H,31,32)(H,36,37)(H4,24,25,26). The summed E-state index contributed by atoms with van der Waals surface area (Å²) in [5, 5.41) is 25.4. The number of aliphatic carboxylic acids is 2. The molecule has 0 rings (SSSR count). The van der Waals surface area contributed by atoms with Crippen LogP contribution < -0.4 is 38.9 Å². The van der Waals surface area contributed by atoms with E-state index in [1.54, 1.807) is 13.8 Å². The van der Waals surface area contributed by atoms with E-state index in [4.69, 9.17) is 28.0 Å². The van der Waals surface area contributed by atoms with Gasteiger partial charge in [0, 0.05) is 13.0 Å². The summed E-state index contributed by atoms with van der Waals surface area (Å²) < 4.78 is 0. The average Bonchev–Trinajstić information content (AvgIpc) is 2.79. The van der Waals surface area contributed by atoms with Gasteiger partial charge >= 0.3 is 11.9 Å². The van der Waals surface area contributed by atoms with Crippen LogP contribution in [0.2, 0.25) is 0 Å². The van der Waals surface area contributed by atoms with Crippen LogP contribution in [0.15, 0.2) is 4.99 Å². The number of carboxylic acid groups (broad SMARTS) is 2. The maximum absolute atomic E-state index is 13.0. The van der Waals surface area contributed by atoms with E-state index in [1.807, 2.05) is 0 Å². The van der Waals surface area contributed by atoms with E-state index in [1.165, 1.54) is 0 Å². The number of rotatable bonds is 18. The summed E-state index contributed by atoms with van der Waals surface area (Å²) in [6.07, 6.45) is -0.561. The highest BCUT2D eigenvalue weighted by atomic mass is 16.4. The average molecular weight is 531 g/mol. The first-order chi connectivity index (χ1) is 17.2. The van der Waals surface area contributed by atoms with Crippen LogP contribution in [0, 0.1) is 5.92 Å².